The van der Waals surface area contributed by atoms with Gasteiger partial charge in [-0.3, -0.25) is 0 Å². The van der Waals surface area contributed by atoms with Crippen LogP contribution in [-0.4, -0.2) is 27.9 Å². The highest BCUT2D eigenvalue weighted by molar-refractivity contribution is 9.10. The molecule has 1 aliphatic rings. The average molecular weight is 321 g/mol. The highest BCUT2D eigenvalue weighted by Gasteiger charge is 2.18. The van der Waals surface area contributed by atoms with Gasteiger partial charge in [0.1, 0.15) is 0 Å². The van der Waals surface area contributed by atoms with Gasteiger partial charge in [-0.05, 0) is 28.8 Å². The Kier molecular flexibility index (Phi) is 3.38. The van der Waals surface area contributed by atoms with Crippen LogP contribution in [0, 0.1) is 0 Å². The molecule has 0 radical (unpaired) electrons. The minimum absolute atomic E-state index is 0.661. The lowest BCUT2D eigenvalue weighted by Crippen LogP contribution is -2.34. The summed E-state index contributed by atoms with van der Waals surface area (Å²) < 4.78 is 0.927. The Morgan fingerprint density at radius 2 is 1.79 bits per heavy atom. The molecule has 1 aromatic rings. The number of hydrogen-bond donors (Lipinski definition) is 0. The van der Waals surface area contributed by atoms with Crippen molar-refractivity contribution in [2.24, 2.45) is 0 Å². The highest BCUT2D eigenvalue weighted by atomic mass is 79.9. The van der Waals surface area contributed by atoms with Gasteiger partial charge < -0.3 is 4.90 Å². The lowest BCUT2D eigenvalue weighted by molar-refractivity contribution is 0.586. The van der Waals surface area contributed by atoms with Crippen molar-refractivity contribution in [3.63, 3.8) is 0 Å². The minimum atomic E-state index is 0.661. The summed E-state index contributed by atoms with van der Waals surface area (Å²) in [7, 11) is 0. The van der Waals surface area contributed by atoms with Crippen LogP contribution >= 0.6 is 31.9 Å². The number of nitrogens with zero attached hydrogens (tertiary/aromatic N) is 3. The molecular formula is C9H11Br2N3. The second kappa shape index (κ2) is 4.57. The van der Waals surface area contributed by atoms with Crippen LogP contribution in [0.1, 0.15) is 12.8 Å². The SMILES string of the molecule is Brc1cnc(N2CCC(Br)CC2)nc1. The standard InChI is InChI=1S/C9H11Br2N3/c10-7-1-3-14(4-2-7)9-12-5-8(11)6-13-9/h5-7H,1-4H2. The molecule has 0 aliphatic carbocycles. The molecule has 3 nitrogen and oxygen atoms in total. The zero-order chi connectivity index (χ0) is 9.97. The van der Waals surface area contributed by atoms with E-state index in [0.29, 0.717) is 4.83 Å². The lowest BCUT2D eigenvalue weighted by atomic mass is 10.1. The molecule has 1 fully saturated rings. The van der Waals surface area contributed by atoms with E-state index in [0.717, 1.165) is 23.5 Å². The van der Waals surface area contributed by atoms with Gasteiger partial charge in [0.25, 0.3) is 0 Å². The van der Waals surface area contributed by atoms with Gasteiger partial charge in [-0.2, -0.15) is 0 Å². The third-order valence-corrected chi connectivity index (χ3v) is 3.64. The molecule has 0 N–H and O–H groups in total. The molecule has 0 aromatic carbocycles. The molecule has 5 heteroatoms. The summed E-state index contributed by atoms with van der Waals surface area (Å²) in [4.78, 5) is 11.4. The number of alkyl halides is 1. The molecule has 1 saturated heterocycles. The monoisotopic (exact) mass is 319 g/mol. The van der Waals surface area contributed by atoms with E-state index in [1.807, 2.05) is 0 Å². The summed E-state index contributed by atoms with van der Waals surface area (Å²) in [5.74, 6) is 0.840. The second-order valence-corrected chi connectivity index (χ2v) is 5.57. The second-order valence-electron chi connectivity index (χ2n) is 3.36. The predicted molar refractivity (Wildman–Crippen MR) is 63.9 cm³/mol. The Morgan fingerprint density at radius 3 is 2.36 bits per heavy atom. The first-order valence-corrected chi connectivity index (χ1v) is 6.33. The van der Waals surface area contributed by atoms with Crippen LogP contribution in [-0.2, 0) is 0 Å². The van der Waals surface area contributed by atoms with Crippen LogP contribution in [0.15, 0.2) is 16.9 Å². The number of anilines is 1. The van der Waals surface area contributed by atoms with Crippen molar-refractivity contribution in [3.8, 4) is 0 Å². The maximum Gasteiger partial charge on any atom is 0.225 e. The van der Waals surface area contributed by atoms with Gasteiger partial charge in [0.05, 0.1) is 4.47 Å². The van der Waals surface area contributed by atoms with Gasteiger partial charge in [-0.15, -0.1) is 0 Å². The van der Waals surface area contributed by atoms with Crippen molar-refractivity contribution >= 4 is 37.8 Å². The zero-order valence-electron chi connectivity index (χ0n) is 7.66. The Balaban J connectivity index is 2.05. The summed E-state index contributed by atoms with van der Waals surface area (Å²) in [5.41, 5.74) is 0. The van der Waals surface area contributed by atoms with Crippen LogP contribution in [0.2, 0.25) is 0 Å². The normalized spacial score (nSPS) is 18.6. The molecule has 0 bridgehead atoms. The van der Waals surface area contributed by atoms with E-state index in [-0.39, 0.29) is 0 Å². The van der Waals surface area contributed by atoms with Crippen molar-refractivity contribution < 1.29 is 0 Å². The van der Waals surface area contributed by atoms with E-state index in [1.165, 1.54) is 12.8 Å². The van der Waals surface area contributed by atoms with Crippen LogP contribution < -0.4 is 4.90 Å². The van der Waals surface area contributed by atoms with Gasteiger partial charge in [-0.1, -0.05) is 15.9 Å². The van der Waals surface area contributed by atoms with Crippen LogP contribution in [0.3, 0.4) is 0 Å². The third kappa shape index (κ3) is 2.45. The van der Waals surface area contributed by atoms with Crippen LogP contribution in [0.5, 0.6) is 0 Å². The number of halogens is 2. The number of aromatic nitrogens is 2. The van der Waals surface area contributed by atoms with E-state index in [4.69, 9.17) is 0 Å². The van der Waals surface area contributed by atoms with Gasteiger partial charge in [0, 0.05) is 30.3 Å². The summed E-state index contributed by atoms with van der Waals surface area (Å²) in [6.45, 7) is 2.08. The van der Waals surface area contributed by atoms with Crippen molar-refractivity contribution in [1.82, 2.24) is 9.97 Å². The third-order valence-electron chi connectivity index (χ3n) is 2.31. The largest absolute Gasteiger partial charge is 0.341 e. The van der Waals surface area contributed by atoms with Gasteiger partial charge >= 0.3 is 0 Å². The molecule has 0 spiro atoms. The summed E-state index contributed by atoms with van der Waals surface area (Å²) >= 11 is 6.95. The Bertz CT molecular complexity index is 293. The first-order chi connectivity index (χ1) is 6.75. The number of rotatable bonds is 1. The summed E-state index contributed by atoms with van der Waals surface area (Å²) in [6.07, 6.45) is 5.92. The van der Waals surface area contributed by atoms with E-state index < -0.39 is 0 Å². The lowest BCUT2D eigenvalue weighted by Gasteiger charge is -2.29. The molecule has 0 amide bonds. The molecule has 76 valence electrons. The number of piperidine rings is 1. The predicted octanol–water partition coefficient (Wildman–Crippen LogP) is 2.60. The first-order valence-electron chi connectivity index (χ1n) is 4.62. The van der Waals surface area contributed by atoms with Crippen molar-refractivity contribution in [2.75, 3.05) is 18.0 Å². The zero-order valence-corrected chi connectivity index (χ0v) is 10.8. The fraction of sp³-hybridized carbons (Fsp3) is 0.556. The molecule has 2 heterocycles. The fourth-order valence-corrected chi connectivity index (χ4v) is 2.13. The molecule has 1 aliphatic heterocycles. The quantitative estimate of drug-likeness (QED) is 0.745. The van der Waals surface area contributed by atoms with Crippen molar-refractivity contribution in [3.05, 3.63) is 16.9 Å². The molecule has 14 heavy (non-hydrogen) atoms. The van der Waals surface area contributed by atoms with Gasteiger partial charge in [0.2, 0.25) is 5.95 Å². The van der Waals surface area contributed by atoms with Crippen LogP contribution in [0.4, 0.5) is 5.95 Å². The first kappa shape index (κ1) is 10.4. The van der Waals surface area contributed by atoms with E-state index >= 15 is 0 Å². The Hall–Kier alpha value is -0.160. The Labute approximate surface area is 100 Å². The molecule has 0 saturated carbocycles. The fourth-order valence-electron chi connectivity index (χ4n) is 1.52. The van der Waals surface area contributed by atoms with Gasteiger partial charge in [-0.25, -0.2) is 9.97 Å². The topological polar surface area (TPSA) is 29.0 Å². The minimum Gasteiger partial charge on any atom is -0.341 e. The van der Waals surface area contributed by atoms with E-state index in [9.17, 15) is 0 Å². The van der Waals surface area contributed by atoms with E-state index in [2.05, 4.69) is 46.7 Å². The van der Waals surface area contributed by atoms with Crippen LogP contribution in [0.25, 0.3) is 0 Å². The summed E-state index contributed by atoms with van der Waals surface area (Å²) in [6, 6.07) is 0. The van der Waals surface area contributed by atoms with Crippen molar-refractivity contribution in [2.45, 2.75) is 17.7 Å². The van der Waals surface area contributed by atoms with E-state index in [1.54, 1.807) is 12.4 Å². The molecule has 0 atom stereocenters. The average Bonchev–Trinajstić information content (AvgIpc) is 2.21. The number of hydrogen-bond acceptors (Lipinski definition) is 3. The Morgan fingerprint density at radius 1 is 1.21 bits per heavy atom. The molecule has 1 aromatic heterocycles. The van der Waals surface area contributed by atoms with Crippen molar-refractivity contribution in [1.29, 1.82) is 0 Å². The molecule has 2 rings (SSSR count). The smallest absolute Gasteiger partial charge is 0.225 e. The highest BCUT2D eigenvalue weighted by Crippen LogP contribution is 2.20. The molecular weight excluding hydrogens is 310 g/mol. The van der Waals surface area contributed by atoms with Gasteiger partial charge in [0.15, 0.2) is 0 Å². The maximum absolute atomic E-state index is 4.28. The summed E-state index contributed by atoms with van der Waals surface area (Å²) in [5, 5.41) is 0. The maximum atomic E-state index is 4.28. The molecule has 0 unspecified atom stereocenters.